The first-order valence-corrected chi connectivity index (χ1v) is 5.88. The van der Waals surface area contributed by atoms with E-state index >= 15 is 0 Å². The molecule has 1 atom stereocenters. The van der Waals surface area contributed by atoms with Crippen molar-refractivity contribution in [2.45, 2.75) is 5.75 Å². The van der Waals surface area contributed by atoms with Gasteiger partial charge in [0.1, 0.15) is 21.9 Å². The van der Waals surface area contributed by atoms with Crippen molar-refractivity contribution in [3.05, 3.63) is 35.9 Å². The number of carbonyl (C=O) groups is 1. The molecular formula is C9H10O3S. The average Bonchev–Trinajstić information content (AvgIpc) is 2.05. The minimum atomic E-state index is -2.90. The molecule has 4 heteroatoms. The molecule has 1 aromatic carbocycles. The molecule has 0 aliphatic rings. The van der Waals surface area contributed by atoms with E-state index in [0.29, 0.717) is 0 Å². The van der Waals surface area contributed by atoms with Crippen LogP contribution in [0.15, 0.2) is 30.3 Å². The lowest BCUT2D eigenvalue weighted by Gasteiger charge is -2.06. The van der Waals surface area contributed by atoms with Gasteiger partial charge in [0.2, 0.25) is 0 Å². The second-order valence-corrected chi connectivity index (χ2v) is 5.52. The van der Waals surface area contributed by atoms with Gasteiger partial charge in [-0.3, -0.25) is 0 Å². The Morgan fingerprint density at radius 2 is 1.92 bits per heavy atom. The van der Waals surface area contributed by atoms with E-state index in [1.165, 1.54) is 6.26 Å². The van der Waals surface area contributed by atoms with Crippen LogP contribution in [0.2, 0.25) is 0 Å². The molecule has 0 aromatic heterocycles. The molecule has 0 bridgehead atoms. The van der Waals surface area contributed by atoms with Crippen molar-refractivity contribution in [3.63, 3.8) is 0 Å². The van der Waals surface area contributed by atoms with Crippen molar-refractivity contribution >= 4 is 15.2 Å². The van der Waals surface area contributed by atoms with Crippen LogP contribution in [0, 0.1) is 0 Å². The fourth-order valence-corrected chi connectivity index (χ4v) is 1.90. The molecule has 0 spiro atoms. The summed E-state index contributed by atoms with van der Waals surface area (Å²) in [5.41, 5.74) is 0.749. The molecule has 0 saturated carbocycles. The Balaban J connectivity index is 2.82. The van der Waals surface area contributed by atoms with Crippen LogP contribution in [-0.2, 0) is 19.9 Å². The largest absolute Gasteiger partial charge is 0.504 e. The van der Waals surface area contributed by atoms with Crippen molar-refractivity contribution in [2.24, 2.45) is 0 Å². The quantitative estimate of drug-likeness (QED) is 0.656. The van der Waals surface area contributed by atoms with Crippen molar-refractivity contribution in [3.8, 4) is 0 Å². The number of carbonyl (C=O) groups excluding carboxylic acids is 1. The molecule has 0 heterocycles. The Morgan fingerprint density at radius 3 is 2.38 bits per heavy atom. The number of hydrogen-bond acceptors (Lipinski definition) is 3. The van der Waals surface area contributed by atoms with Crippen LogP contribution < -0.4 is 5.11 Å². The fourth-order valence-electron chi connectivity index (χ4n) is 0.951. The summed E-state index contributed by atoms with van der Waals surface area (Å²) in [7, 11) is -2.90. The van der Waals surface area contributed by atoms with E-state index in [4.69, 9.17) is 0 Å². The standard InChI is InChI=1S/C9H10O3S/c1-13(12,9(10)11)7-8-5-3-2-4-6-8/h2-6H,7H2,1H3. The maximum atomic E-state index is 11.4. The fraction of sp³-hybridized carbons (Fsp3) is 0.222. The molecule has 1 rings (SSSR count). The number of carboxylic acid groups (broad SMARTS) is 1. The third-order valence-corrected chi connectivity index (χ3v) is 3.23. The predicted octanol–water partition coefficient (Wildman–Crippen LogP) is 0.659. The maximum absolute atomic E-state index is 11.4. The minimum absolute atomic E-state index is 0.0379. The highest BCUT2D eigenvalue weighted by atomic mass is 32.2. The van der Waals surface area contributed by atoms with Crippen LogP contribution in [0.5, 0.6) is 0 Å². The highest BCUT2D eigenvalue weighted by Gasteiger charge is 2.24. The van der Waals surface area contributed by atoms with Gasteiger partial charge in [0.25, 0.3) is 5.30 Å². The van der Waals surface area contributed by atoms with Gasteiger partial charge in [-0.15, -0.1) is 0 Å². The number of benzene rings is 1. The van der Waals surface area contributed by atoms with Gasteiger partial charge >= 0.3 is 0 Å². The summed E-state index contributed by atoms with van der Waals surface area (Å²) in [4.78, 5) is 10.4. The van der Waals surface area contributed by atoms with Crippen molar-refractivity contribution in [1.29, 1.82) is 0 Å². The van der Waals surface area contributed by atoms with E-state index in [1.54, 1.807) is 24.3 Å². The Bertz CT molecular complexity index is 345. The summed E-state index contributed by atoms with van der Waals surface area (Å²) < 4.78 is 11.4. The molecule has 3 nitrogen and oxygen atoms in total. The zero-order chi connectivity index (χ0) is 9.90. The van der Waals surface area contributed by atoms with Crippen LogP contribution in [0.3, 0.4) is 0 Å². The number of hydrogen-bond donors (Lipinski definition) is 0. The predicted molar refractivity (Wildman–Crippen MR) is 49.5 cm³/mol. The van der Waals surface area contributed by atoms with Crippen LogP contribution in [-0.4, -0.2) is 11.6 Å². The summed E-state index contributed by atoms with van der Waals surface area (Å²) in [6.45, 7) is 0. The molecule has 0 aliphatic carbocycles. The maximum Gasteiger partial charge on any atom is 0.275 e. The molecule has 70 valence electrons. The van der Waals surface area contributed by atoms with Gasteiger partial charge in [0.15, 0.2) is 0 Å². The van der Waals surface area contributed by atoms with Gasteiger partial charge in [0, 0.05) is 5.56 Å². The van der Waals surface area contributed by atoms with Crippen LogP contribution in [0.4, 0.5) is 4.79 Å². The Hall–Kier alpha value is -1.16. The Labute approximate surface area is 77.8 Å². The van der Waals surface area contributed by atoms with E-state index in [1.807, 2.05) is 6.07 Å². The lowest BCUT2D eigenvalue weighted by atomic mass is 10.2. The molecule has 1 unspecified atom stereocenters. The summed E-state index contributed by atoms with van der Waals surface area (Å²) >= 11 is 0. The van der Waals surface area contributed by atoms with Crippen LogP contribution >= 0.6 is 0 Å². The molecule has 0 saturated heterocycles. The van der Waals surface area contributed by atoms with Crippen molar-refractivity contribution < 1.29 is 14.1 Å². The first-order valence-electron chi connectivity index (χ1n) is 3.74. The molecule has 13 heavy (non-hydrogen) atoms. The second-order valence-electron chi connectivity index (χ2n) is 2.88. The highest BCUT2D eigenvalue weighted by molar-refractivity contribution is 8.14. The summed E-state index contributed by atoms with van der Waals surface area (Å²) in [5.74, 6) is 0.0379. The first-order chi connectivity index (χ1) is 6.02. The van der Waals surface area contributed by atoms with Gasteiger partial charge in [-0.25, -0.2) is 0 Å². The molecule has 0 fully saturated rings. The summed E-state index contributed by atoms with van der Waals surface area (Å²) in [5, 5.41) is 8.96. The van der Waals surface area contributed by atoms with Gasteiger partial charge in [-0.2, -0.15) is 0 Å². The van der Waals surface area contributed by atoms with Gasteiger partial charge in [0.05, 0.1) is 0 Å². The Kier molecular flexibility index (Phi) is 2.83. The third kappa shape index (κ3) is 2.66. The smallest absolute Gasteiger partial charge is 0.275 e. The van der Waals surface area contributed by atoms with Gasteiger partial charge < -0.3 is 9.90 Å². The van der Waals surface area contributed by atoms with Crippen LogP contribution in [0.25, 0.3) is 0 Å². The lowest BCUT2D eigenvalue weighted by Crippen LogP contribution is -2.35. The van der Waals surface area contributed by atoms with E-state index in [9.17, 15) is 14.1 Å². The molecule has 1 aromatic rings. The van der Waals surface area contributed by atoms with E-state index in [0.717, 1.165) is 5.56 Å². The first kappa shape index (κ1) is 9.92. The van der Waals surface area contributed by atoms with Crippen molar-refractivity contribution in [2.75, 3.05) is 6.26 Å². The number of rotatable bonds is 2. The zero-order valence-corrected chi connectivity index (χ0v) is 8.04. The minimum Gasteiger partial charge on any atom is -0.504 e. The normalized spacial score (nSPS) is 14.8. The topological polar surface area (TPSA) is 57.2 Å². The summed E-state index contributed by atoms with van der Waals surface area (Å²) in [6.07, 6.45) is 1.20. The average molecular weight is 198 g/mol. The SMILES string of the molecule is C[S+](=O)(Cc1ccccc1)C(=O)[O-]. The molecule has 0 amide bonds. The second kappa shape index (κ2) is 3.70. The van der Waals surface area contributed by atoms with E-state index in [2.05, 4.69) is 0 Å². The summed E-state index contributed by atoms with van der Waals surface area (Å²) in [6, 6.07) is 8.86. The third-order valence-electron chi connectivity index (χ3n) is 1.64. The van der Waals surface area contributed by atoms with E-state index in [-0.39, 0.29) is 5.75 Å². The van der Waals surface area contributed by atoms with Gasteiger partial charge in [-0.1, -0.05) is 34.5 Å². The van der Waals surface area contributed by atoms with Crippen molar-refractivity contribution in [1.82, 2.24) is 0 Å². The van der Waals surface area contributed by atoms with Gasteiger partial charge in [-0.05, 0) is 0 Å². The van der Waals surface area contributed by atoms with E-state index < -0.39 is 15.2 Å². The Morgan fingerprint density at radius 1 is 1.38 bits per heavy atom. The molecule has 0 N–H and O–H groups in total. The highest BCUT2D eigenvalue weighted by Crippen LogP contribution is 2.10. The lowest BCUT2D eigenvalue weighted by molar-refractivity contribution is -0.233. The zero-order valence-electron chi connectivity index (χ0n) is 7.23. The molecule has 0 aliphatic heterocycles. The molecule has 0 radical (unpaired) electrons. The monoisotopic (exact) mass is 198 g/mol. The van der Waals surface area contributed by atoms with Crippen LogP contribution in [0.1, 0.15) is 5.56 Å². The molecular weight excluding hydrogens is 188 g/mol.